The number of carboxylic acids is 1. The van der Waals surface area contributed by atoms with Gasteiger partial charge in [0.25, 0.3) is 12.0 Å². The molecule has 0 aliphatic carbocycles. The highest BCUT2D eigenvalue weighted by Gasteiger charge is 2.23. The molecule has 154 valence electrons. The molecule has 1 unspecified atom stereocenters. The Balaban J connectivity index is 2.46. The number of alkyl halides is 2. The third-order valence-corrected chi connectivity index (χ3v) is 4.29. The molecule has 7 nitrogen and oxygen atoms in total. The van der Waals surface area contributed by atoms with Crippen LogP contribution in [-0.2, 0) is 9.53 Å². The number of benzene rings is 1. The van der Waals surface area contributed by atoms with E-state index in [1.54, 1.807) is 0 Å². The molecule has 0 saturated heterocycles. The minimum Gasteiger partial charge on any atom is -0.495 e. The van der Waals surface area contributed by atoms with Gasteiger partial charge in [0.15, 0.2) is 0 Å². The van der Waals surface area contributed by atoms with Crippen molar-refractivity contribution in [1.29, 1.82) is 5.26 Å². The van der Waals surface area contributed by atoms with E-state index in [1.807, 2.05) is 6.07 Å². The van der Waals surface area contributed by atoms with E-state index in [1.165, 1.54) is 31.5 Å². The molecule has 0 saturated carbocycles. The van der Waals surface area contributed by atoms with Gasteiger partial charge in [-0.1, -0.05) is 11.6 Å². The first-order valence-electron chi connectivity index (χ1n) is 8.37. The average Bonchev–Trinajstić information content (AvgIpc) is 2.67. The molecule has 0 aliphatic heterocycles. The first-order valence-corrected chi connectivity index (χ1v) is 8.75. The summed E-state index contributed by atoms with van der Waals surface area (Å²) in [5, 5.41) is 19.1. The van der Waals surface area contributed by atoms with Gasteiger partial charge in [-0.15, -0.1) is 0 Å². The van der Waals surface area contributed by atoms with E-state index < -0.39 is 30.6 Å². The van der Waals surface area contributed by atoms with Crippen molar-refractivity contribution in [2.75, 3.05) is 20.3 Å². The van der Waals surface area contributed by atoms with Crippen LogP contribution in [0.3, 0.4) is 0 Å². The molecule has 1 aromatic heterocycles. The maximum atomic E-state index is 12.6. The number of rotatable bonds is 9. The molecule has 0 radical (unpaired) electrons. The summed E-state index contributed by atoms with van der Waals surface area (Å²) >= 11 is 6.00. The van der Waals surface area contributed by atoms with Gasteiger partial charge in [-0.05, 0) is 18.2 Å². The molecule has 1 N–H and O–H groups in total. The molecule has 1 heterocycles. The maximum Gasteiger partial charge on any atom is 0.326 e. The third-order valence-electron chi connectivity index (χ3n) is 4.06. The van der Waals surface area contributed by atoms with Crippen molar-refractivity contribution in [2.45, 2.75) is 18.9 Å². The first-order chi connectivity index (χ1) is 13.8. The number of pyridine rings is 1. The molecule has 10 heteroatoms. The van der Waals surface area contributed by atoms with Crippen molar-refractivity contribution in [3.05, 3.63) is 51.4 Å². The minimum atomic E-state index is -2.67. The van der Waals surface area contributed by atoms with Crippen molar-refractivity contribution in [1.82, 2.24) is 4.57 Å². The summed E-state index contributed by atoms with van der Waals surface area (Å²) in [4.78, 5) is 24.2. The Bertz CT molecular complexity index is 988. The van der Waals surface area contributed by atoms with E-state index in [-0.39, 0.29) is 29.9 Å². The topological polar surface area (TPSA) is 102 Å². The van der Waals surface area contributed by atoms with Gasteiger partial charge in [-0.3, -0.25) is 9.36 Å². The van der Waals surface area contributed by atoms with Crippen LogP contribution >= 0.6 is 11.6 Å². The lowest BCUT2D eigenvalue weighted by atomic mass is 10.0. The zero-order chi connectivity index (χ0) is 21.6. The van der Waals surface area contributed by atoms with E-state index in [9.17, 15) is 28.7 Å². The molecule has 2 rings (SSSR count). The highest BCUT2D eigenvalue weighted by Crippen LogP contribution is 2.33. The van der Waals surface area contributed by atoms with Crippen LogP contribution in [0.5, 0.6) is 5.75 Å². The number of carboxylic acid groups (broad SMARTS) is 1. The Morgan fingerprint density at radius 3 is 2.66 bits per heavy atom. The van der Waals surface area contributed by atoms with Crippen molar-refractivity contribution in [2.24, 2.45) is 0 Å². The summed E-state index contributed by atoms with van der Waals surface area (Å²) in [7, 11) is 1.33. The number of nitriles is 1. The quantitative estimate of drug-likeness (QED) is 0.617. The number of hydrogen-bond donors (Lipinski definition) is 1. The number of aromatic nitrogens is 1. The van der Waals surface area contributed by atoms with Crippen LogP contribution in [0, 0.1) is 11.3 Å². The van der Waals surface area contributed by atoms with Gasteiger partial charge in [0.1, 0.15) is 18.4 Å². The van der Waals surface area contributed by atoms with E-state index in [0.717, 1.165) is 10.6 Å². The molecular formula is C19H17ClF2N2O5. The second-order valence-corrected chi connectivity index (χ2v) is 6.35. The smallest absolute Gasteiger partial charge is 0.326 e. The van der Waals surface area contributed by atoms with Crippen molar-refractivity contribution in [3.63, 3.8) is 0 Å². The number of hydrogen-bond acceptors (Lipinski definition) is 5. The van der Waals surface area contributed by atoms with Gasteiger partial charge < -0.3 is 14.6 Å². The standard InChI is InChI=1S/C19H17ClF2N2O5/c1-28-16-9-24(15(19(26)27)4-5-29-10-17(21)22)18(25)7-14(16)13-6-12(20)3-2-11(13)8-23/h2-3,6-7,9,15,17H,4-5,10H2,1H3,(H,26,27). The van der Waals surface area contributed by atoms with E-state index in [2.05, 4.69) is 0 Å². The number of ether oxygens (including phenoxy) is 2. The Labute approximate surface area is 169 Å². The fourth-order valence-electron chi connectivity index (χ4n) is 2.73. The van der Waals surface area contributed by atoms with Gasteiger partial charge >= 0.3 is 5.97 Å². The van der Waals surface area contributed by atoms with Crippen LogP contribution in [0.2, 0.25) is 5.02 Å². The van der Waals surface area contributed by atoms with E-state index >= 15 is 0 Å². The lowest BCUT2D eigenvalue weighted by Crippen LogP contribution is -2.30. The molecule has 0 bridgehead atoms. The number of aliphatic carboxylic acids is 1. The second kappa shape index (κ2) is 10.0. The predicted molar refractivity (Wildman–Crippen MR) is 101 cm³/mol. The molecule has 2 aromatic rings. The van der Waals surface area contributed by atoms with Crippen LogP contribution in [0.25, 0.3) is 11.1 Å². The van der Waals surface area contributed by atoms with E-state index in [0.29, 0.717) is 10.6 Å². The predicted octanol–water partition coefficient (Wildman–Crippen LogP) is 3.35. The molecule has 0 fully saturated rings. The molecule has 0 amide bonds. The van der Waals surface area contributed by atoms with Gasteiger partial charge in [0.05, 0.1) is 24.9 Å². The molecule has 1 aromatic carbocycles. The number of halogens is 3. The highest BCUT2D eigenvalue weighted by atomic mass is 35.5. The van der Waals surface area contributed by atoms with Gasteiger partial charge in [0, 0.05) is 35.2 Å². The molecule has 1 atom stereocenters. The summed E-state index contributed by atoms with van der Waals surface area (Å²) in [6.45, 7) is -1.10. The van der Waals surface area contributed by atoms with Crippen molar-refractivity contribution < 1.29 is 28.2 Å². The average molecular weight is 427 g/mol. The van der Waals surface area contributed by atoms with Crippen LogP contribution in [0.4, 0.5) is 8.78 Å². The SMILES string of the molecule is COc1cn(C(CCOCC(F)F)C(=O)O)c(=O)cc1-c1cc(Cl)ccc1C#N. The molecular weight excluding hydrogens is 410 g/mol. The first kappa shape index (κ1) is 22.3. The van der Waals surface area contributed by atoms with Crippen LogP contribution in [0.15, 0.2) is 35.3 Å². The normalized spacial score (nSPS) is 11.9. The lowest BCUT2D eigenvalue weighted by molar-refractivity contribution is -0.141. The van der Waals surface area contributed by atoms with Gasteiger partial charge in [-0.2, -0.15) is 5.26 Å². The van der Waals surface area contributed by atoms with Gasteiger partial charge in [0.2, 0.25) is 0 Å². The van der Waals surface area contributed by atoms with Crippen LogP contribution < -0.4 is 10.3 Å². The highest BCUT2D eigenvalue weighted by molar-refractivity contribution is 6.31. The summed E-state index contributed by atoms with van der Waals surface area (Å²) in [6.07, 6.45) is -1.68. The molecule has 0 aliphatic rings. The third kappa shape index (κ3) is 5.53. The summed E-state index contributed by atoms with van der Waals surface area (Å²) in [5.41, 5.74) is 0.199. The summed E-state index contributed by atoms with van der Waals surface area (Å²) < 4.78 is 35.2. The van der Waals surface area contributed by atoms with E-state index in [4.69, 9.17) is 21.1 Å². The van der Waals surface area contributed by atoms with Crippen molar-refractivity contribution >= 4 is 17.6 Å². The fourth-order valence-corrected chi connectivity index (χ4v) is 2.90. The summed E-state index contributed by atoms with van der Waals surface area (Å²) in [6, 6.07) is 6.30. The zero-order valence-electron chi connectivity index (χ0n) is 15.3. The lowest BCUT2D eigenvalue weighted by Gasteiger charge is -2.18. The fraction of sp³-hybridized carbons (Fsp3) is 0.316. The number of methoxy groups -OCH3 is 1. The monoisotopic (exact) mass is 426 g/mol. The Hall–Kier alpha value is -2.96. The minimum absolute atomic E-state index is 0.142. The maximum absolute atomic E-state index is 12.6. The zero-order valence-corrected chi connectivity index (χ0v) is 16.0. The van der Waals surface area contributed by atoms with Gasteiger partial charge in [-0.25, -0.2) is 13.6 Å². The Morgan fingerprint density at radius 1 is 1.34 bits per heavy atom. The Morgan fingerprint density at radius 2 is 2.07 bits per heavy atom. The number of nitrogens with zero attached hydrogens (tertiary/aromatic N) is 2. The number of carbonyl (C=O) groups is 1. The molecule has 29 heavy (non-hydrogen) atoms. The van der Waals surface area contributed by atoms with Crippen molar-refractivity contribution in [3.8, 4) is 22.9 Å². The van der Waals surface area contributed by atoms with Crippen LogP contribution in [-0.4, -0.2) is 42.4 Å². The molecule has 0 spiro atoms. The second-order valence-electron chi connectivity index (χ2n) is 5.91. The largest absolute Gasteiger partial charge is 0.495 e. The van der Waals surface area contributed by atoms with Crippen LogP contribution in [0.1, 0.15) is 18.0 Å². The summed E-state index contributed by atoms with van der Waals surface area (Å²) in [5.74, 6) is -1.19. The Kier molecular flexibility index (Phi) is 7.70.